The van der Waals surface area contributed by atoms with E-state index in [-0.39, 0.29) is 51.0 Å². The standard InChI is InChI=1S/C2H6O2.CH2O3.Ca/c3-1-2-4;2-1(3)4;/h3-4H,1-2H2;(H2,2,3,4);/q;;+2/p-2. The van der Waals surface area contributed by atoms with Gasteiger partial charge in [-0.15, -0.1) is 0 Å². The van der Waals surface area contributed by atoms with Crippen LogP contribution in [0.1, 0.15) is 0 Å². The molecule has 0 amide bonds. The van der Waals surface area contributed by atoms with Gasteiger partial charge in [0.15, 0.2) is 0 Å². The third-order valence-electron chi connectivity index (χ3n) is 0.1000. The van der Waals surface area contributed by atoms with Crippen molar-refractivity contribution in [2.45, 2.75) is 0 Å². The van der Waals surface area contributed by atoms with Crippen molar-refractivity contribution in [3.8, 4) is 0 Å². The van der Waals surface area contributed by atoms with E-state index in [0.717, 1.165) is 0 Å². The molecule has 0 rings (SSSR count). The van der Waals surface area contributed by atoms with E-state index in [0.29, 0.717) is 0 Å². The number of hydrogen-bond acceptors (Lipinski definition) is 5. The average Bonchev–Trinajstić information content (AvgIpc) is 1.65. The maximum absolute atomic E-state index is 8.33. The predicted octanol–water partition coefficient (Wildman–Crippen LogP) is -3.86. The van der Waals surface area contributed by atoms with E-state index >= 15 is 0 Å². The first-order valence-electron chi connectivity index (χ1n) is 1.74. The summed E-state index contributed by atoms with van der Waals surface area (Å²) < 4.78 is 0. The van der Waals surface area contributed by atoms with Crippen LogP contribution in [0.25, 0.3) is 0 Å². The summed E-state index contributed by atoms with van der Waals surface area (Å²) >= 11 is 0. The maximum Gasteiger partial charge on any atom is 2.00 e. The first-order valence-corrected chi connectivity index (χ1v) is 1.74. The van der Waals surface area contributed by atoms with Crippen LogP contribution in [0, 0.1) is 0 Å². The molecule has 0 bridgehead atoms. The van der Waals surface area contributed by atoms with Crippen LogP contribution in [0.4, 0.5) is 4.79 Å². The molecule has 0 spiro atoms. The molecular weight excluding hydrogens is 156 g/mol. The fourth-order valence-corrected chi connectivity index (χ4v) is 0. The van der Waals surface area contributed by atoms with Crippen molar-refractivity contribution < 1.29 is 25.2 Å². The third kappa shape index (κ3) is 167. The quantitative estimate of drug-likeness (QED) is 0.384. The van der Waals surface area contributed by atoms with E-state index in [1.54, 1.807) is 0 Å². The molecule has 0 aromatic carbocycles. The van der Waals surface area contributed by atoms with E-state index in [9.17, 15) is 0 Å². The SMILES string of the molecule is O=C([O-])[O-].OCCO.[Ca+2]. The summed E-state index contributed by atoms with van der Waals surface area (Å²) in [5, 5.41) is 31.9. The van der Waals surface area contributed by atoms with Crippen molar-refractivity contribution in [2.24, 2.45) is 0 Å². The third-order valence-corrected chi connectivity index (χ3v) is 0.1000. The summed E-state index contributed by atoms with van der Waals surface area (Å²) in [4.78, 5) is 8.33. The van der Waals surface area contributed by atoms with Gasteiger partial charge in [0.2, 0.25) is 0 Å². The Hall–Kier alpha value is 0.450. The van der Waals surface area contributed by atoms with Gasteiger partial charge in [0.05, 0.1) is 13.2 Å². The summed E-state index contributed by atoms with van der Waals surface area (Å²) in [6.45, 7) is -0.250. The van der Waals surface area contributed by atoms with Gasteiger partial charge in [0, 0.05) is 0 Å². The fourth-order valence-electron chi connectivity index (χ4n) is 0. The van der Waals surface area contributed by atoms with E-state index < -0.39 is 6.16 Å². The van der Waals surface area contributed by atoms with Crippen LogP contribution >= 0.6 is 0 Å². The van der Waals surface area contributed by atoms with Crippen molar-refractivity contribution in [3.63, 3.8) is 0 Å². The zero-order valence-corrected chi connectivity index (χ0v) is 6.95. The molecule has 0 aliphatic heterocycles. The zero-order valence-electron chi connectivity index (χ0n) is 4.74. The van der Waals surface area contributed by atoms with Crippen LogP contribution in [0.5, 0.6) is 0 Å². The number of hydrogen-bond donors (Lipinski definition) is 2. The van der Waals surface area contributed by atoms with E-state index in [1.165, 1.54) is 0 Å². The van der Waals surface area contributed by atoms with E-state index in [4.69, 9.17) is 25.2 Å². The van der Waals surface area contributed by atoms with Crippen LogP contribution < -0.4 is 10.2 Å². The largest absolute Gasteiger partial charge is 2.00 e. The smallest absolute Gasteiger partial charge is 0.652 e. The van der Waals surface area contributed by atoms with Crippen LogP contribution in [0.2, 0.25) is 0 Å². The predicted molar refractivity (Wildman–Crippen MR) is 25.3 cm³/mol. The van der Waals surface area contributed by atoms with Crippen LogP contribution in [-0.2, 0) is 0 Å². The molecule has 0 radical (unpaired) electrons. The van der Waals surface area contributed by atoms with Gasteiger partial charge in [0.1, 0.15) is 0 Å². The van der Waals surface area contributed by atoms with Crippen molar-refractivity contribution in [3.05, 3.63) is 0 Å². The second-order valence-corrected chi connectivity index (χ2v) is 0.697. The molecule has 2 N–H and O–H groups in total. The number of rotatable bonds is 1. The van der Waals surface area contributed by atoms with Crippen molar-refractivity contribution in [1.29, 1.82) is 0 Å². The summed E-state index contributed by atoms with van der Waals surface area (Å²) in [6, 6.07) is 0. The van der Waals surface area contributed by atoms with Gasteiger partial charge < -0.3 is 25.2 Å². The second kappa shape index (κ2) is 15.8. The second-order valence-electron chi connectivity index (χ2n) is 0.697. The monoisotopic (exact) mass is 162 g/mol. The van der Waals surface area contributed by atoms with Gasteiger partial charge in [-0.05, 0) is 6.16 Å². The van der Waals surface area contributed by atoms with Gasteiger partial charge in [-0.3, -0.25) is 0 Å². The molecule has 0 fully saturated rings. The Morgan fingerprint density at radius 3 is 1.33 bits per heavy atom. The molecule has 0 aliphatic rings. The Morgan fingerprint density at radius 2 is 1.33 bits per heavy atom. The van der Waals surface area contributed by atoms with Gasteiger partial charge in [0.25, 0.3) is 0 Å². The Kier molecular flexibility index (Phi) is 28.5. The molecule has 50 valence electrons. The van der Waals surface area contributed by atoms with Crippen molar-refractivity contribution in [2.75, 3.05) is 13.2 Å². The van der Waals surface area contributed by atoms with Gasteiger partial charge >= 0.3 is 37.7 Å². The number of carbonyl (C=O) groups excluding carboxylic acids is 1. The topological polar surface area (TPSA) is 104 Å². The Balaban J connectivity index is -0.0000000720. The van der Waals surface area contributed by atoms with E-state index in [2.05, 4.69) is 0 Å². The molecule has 0 saturated heterocycles. The summed E-state index contributed by atoms with van der Waals surface area (Å²) in [5.41, 5.74) is 0. The zero-order chi connectivity index (χ0) is 6.99. The number of aliphatic hydroxyl groups is 2. The first kappa shape index (κ1) is 16.2. The first-order chi connectivity index (χ1) is 3.65. The fraction of sp³-hybridized carbons (Fsp3) is 0.667. The van der Waals surface area contributed by atoms with Gasteiger partial charge in [-0.25, -0.2) is 0 Å². The molecule has 0 unspecified atom stereocenters. The van der Waals surface area contributed by atoms with Crippen molar-refractivity contribution >= 4 is 43.9 Å². The molecule has 0 saturated carbocycles. The van der Waals surface area contributed by atoms with Crippen LogP contribution in [-0.4, -0.2) is 67.3 Å². The minimum absolute atomic E-state index is 0. The normalized spacial score (nSPS) is 6.00. The summed E-state index contributed by atoms with van der Waals surface area (Å²) in [6.07, 6.45) is -2.33. The molecule has 0 aromatic rings. The minimum atomic E-state index is -2.33. The van der Waals surface area contributed by atoms with Crippen molar-refractivity contribution in [1.82, 2.24) is 0 Å². The van der Waals surface area contributed by atoms with Crippen LogP contribution in [0.15, 0.2) is 0 Å². The average molecular weight is 162 g/mol. The molecule has 6 heteroatoms. The minimum Gasteiger partial charge on any atom is -0.652 e. The molecular formula is C3H6CaO5. The Morgan fingerprint density at radius 1 is 1.22 bits per heavy atom. The molecule has 0 atom stereocenters. The van der Waals surface area contributed by atoms with E-state index in [1.807, 2.05) is 0 Å². The molecule has 9 heavy (non-hydrogen) atoms. The molecule has 5 nitrogen and oxygen atoms in total. The van der Waals surface area contributed by atoms with Gasteiger partial charge in [-0.1, -0.05) is 0 Å². The number of aliphatic hydroxyl groups excluding tert-OH is 2. The number of carbonyl (C=O) groups is 1. The molecule has 0 aromatic heterocycles. The number of carboxylic acid groups (broad SMARTS) is 2. The Bertz CT molecular complexity index is 50.2. The maximum atomic E-state index is 8.33. The molecule has 0 aliphatic carbocycles. The molecule has 0 heterocycles. The summed E-state index contributed by atoms with van der Waals surface area (Å²) in [5.74, 6) is 0. The van der Waals surface area contributed by atoms with Gasteiger partial charge in [-0.2, -0.15) is 0 Å². The Labute approximate surface area is 81.9 Å². The van der Waals surface area contributed by atoms with Crippen LogP contribution in [0.3, 0.4) is 0 Å². The summed E-state index contributed by atoms with van der Waals surface area (Å²) in [7, 11) is 0.